The lowest BCUT2D eigenvalue weighted by molar-refractivity contribution is 0.0953. The summed E-state index contributed by atoms with van der Waals surface area (Å²) < 4.78 is 8.99. The number of nitrogens with one attached hydrogen (secondary N) is 1. The number of para-hydroxylation sites is 3. The third kappa shape index (κ3) is 6.15. The summed E-state index contributed by atoms with van der Waals surface area (Å²) in [6.45, 7) is 1.95. The predicted molar refractivity (Wildman–Crippen MR) is 136 cm³/mol. The van der Waals surface area contributed by atoms with Gasteiger partial charge in [0, 0.05) is 29.5 Å². The number of aryl methyl sites for hydroxylation is 2. The highest BCUT2D eigenvalue weighted by Gasteiger charge is 2.11. The number of hydrogen-bond donors (Lipinski definition) is 1. The highest BCUT2D eigenvalue weighted by molar-refractivity contribution is 9.10. The van der Waals surface area contributed by atoms with Crippen LogP contribution >= 0.6 is 27.5 Å². The molecule has 0 fully saturated rings. The Morgan fingerprint density at radius 3 is 2.70 bits per heavy atom. The Morgan fingerprint density at radius 2 is 1.85 bits per heavy atom. The highest BCUT2D eigenvalue weighted by Crippen LogP contribution is 2.23. The van der Waals surface area contributed by atoms with Gasteiger partial charge in [-0.05, 0) is 55.3 Å². The Bertz CT molecular complexity index is 1240. The van der Waals surface area contributed by atoms with E-state index in [4.69, 9.17) is 21.3 Å². The number of ether oxygens (including phenoxy) is 1. The van der Waals surface area contributed by atoms with Crippen LogP contribution in [-0.4, -0.2) is 28.6 Å². The second-order valence-corrected chi connectivity index (χ2v) is 8.99. The lowest BCUT2D eigenvalue weighted by Crippen LogP contribution is -2.25. The van der Waals surface area contributed by atoms with Crippen molar-refractivity contribution in [2.45, 2.75) is 25.8 Å². The zero-order chi connectivity index (χ0) is 23.0. The first-order chi connectivity index (χ1) is 16.1. The molecule has 170 valence electrons. The first kappa shape index (κ1) is 23.3. The summed E-state index contributed by atoms with van der Waals surface area (Å²) in [7, 11) is 0. The molecule has 1 amide bonds. The van der Waals surface area contributed by atoms with Crippen molar-refractivity contribution in [3.05, 3.63) is 93.7 Å². The Hall–Kier alpha value is -2.83. The van der Waals surface area contributed by atoms with Gasteiger partial charge < -0.3 is 14.6 Å². The van der Waals surface area contributed by atoms with E-state index in [1.165, 1.54) is 0 Å². The third-order valence-electron chi connectivity index (χ3n) is 5.30. The first-order valence-corrected chi connectivity index (χ1v) is 12.1. The second-order valence-electron chi connectivity index (χ2n) is 7.67. The standard InChI is InChI=1S/C26H25BrClN3O2/c27-20-9-5-8-19(18-20)26(32)29-15-6-14-25-30-22-11-2-3-12-23(22)31(25)16-7-17-33-24-13-4-1-10-21(24)28/h1-5,8-13,18H,6-7,14-17H2,(H,29,32). The number of benzene rings is 3. The maximum atomic E-state index is 12.4. The smallest absolute Gasteiger partial charge is 0.251 e. The SMILES string of the molecule is O=C(NCCCc1nc2ccccc2n1CCCOc1ccccc1Cl)c1cccc(Br)c1. The van der Waals surface area contributed by atoms with Crippen LogP contribution in [0.2, 0.25) is 5.02 Å². The minimum atomic E-state index is -0.0680. The van der Waals surface area contributed by atoms with Gasteiger partial charge in [-0.25, -0.2) is 4.98 Å². The van der Waals surface area contributed by atoms with Crippen LogP contribution in [0.25, 0.3) is 11.0 Å². The first-order valence-electron chi connectivity index (χ1n) is 11.0. The number of halogens is 2. The molecule has 1 N–H and O–H groups in total. The maximum Gasteiger partial charge on any atom is 0.251 e. The number of carbonyl (C=O) groups is 1. The molecule has 7 heteroatoms. The molecule has 0 aliphatic carbocycles. The number of nitrogens with zero attached hydrogens (tertiary/aromatic N) is 2. The third-order valence-corrected chi connectivity index (χ3v) is 6.11. The van der Waals surface area contributed by atoms with Crippen molar-refractivity contribution in [2.24, 2.45) is 0 Å². The van der Waals surface area contributed by atoms with Crippen molar-refractivity contribution in [1.82, 2.24) is 14.9 Å². The van der Waals surface area contributed by atoms with Gasteiger partial charge in [-0.15, -0.1) is 0 Å². The zero-order valence-corrected chi connectivity index (χ0v) is 20.5. The summed E-state index contributed by atoms with van der Waals surface area (Å²) >= 11 is 9.58. The van der Waals surface area contributed by atoms with Crippen LogP contribution in [0.4, 0.5) is 0 Å². The van der Waals surface area contributed by atoms with Gasteiger partial charge in [-0.1, -0.05) is 57.9 Å². The van der Waals surface area contributed by atoms with Crippen LogP contribution in [-0.2, 0) is 13.0 Å². The Labute approximate surface area is 206 Å². The molecule has 0 spiro atoms. The molecule has 3 aromatic carbocycles. The minimum absolute atomic E-state index is 0.0680. The van der Waals surface area contributed by atoms with Crippen LogP contribution < -0.4 is 10.1 Å². The van der Waals surface area contributed by atoms with E-state index < -0.39 is 0 Å². The molecular formula is C26H25BrClN3O2. The zero-order valence-electron chi connectivity index (χ0n) is 18.1. The molecule has 0 aliphatic rings. The fourth-order valence-corrected chi connectivity index (χ4v) is 4.30. The van der Waals surface area contributed by atoms with Crippen LogP contribution in [0.15, 0.2) is 77.3 Å². The van der Waals surface area contributed by atoms with E-state index in [2.05, 4.69) is 31.9 Å². The molecule has 0 saturated carbocycles. The molecule has 0 radical (unpaired) electrons. The Kier molecular flexibility index (Phi) is 8.02. The number of amides is 1. The molecule has 0 atom stereocenters. The molecule has 4 aromatic rings. The molecule has 1 heterocycles. The Morgan fingerprint density at radius 1 is 1.03 bits per heavy atom. The second kappa shape index (κ2) is 11.3. The fourth-order valence-electron chi connectivity index (χ4n) is 3.71. The summed E-state index contributed by atoms with van der Waals surface area (Å²) in [5, 5.41) is 3.62. The molecule has 0 bridgehead atoms. The van der Waals surface area contributed by atoms with Gasteiger partial charge in [0.25, 0.3) is 5.91 Å². The van der Waals surface area contributed by atoms with E-state index in [0.717, 1.165) is 47.1 Å². The lowest BCUT2D eigenvalue weighted by atomic mass is 10.2. The average Bonchev–Trinajstić information content (AvgIpc) is 3.18. The lowest BCUT2D eigenvalue weighted by Gasteiger charge is -2.11. The summed E-state index contributed by atoms with van der Waals surface area (Å²) in [4.78, 5) is 17.2. The van der Waals surface area contributed by atoms with Gasteiger partial charge in [0.05, 0.1) is 22.7 Å². The van der Waals surface area contributed by atoms with Crippen LogP contribution in [0.5, 0.6) is 5.75 Å². The summed E-state index contributed by atoms with van der Waals surface area (Å²) in [5.74, 6) is 1.66. The molecule has 1 aromatic heterocycles. The topological polar surface area (TPSA) is 56.2 Å². The number of fused-ring (bicyclic) bond motifs is 1. The molecule has 5 nitrogen and oxygen atoms in total. The normalized spacial score (nSPS) is 11.0. The van der Waals surface area contributed by atoms with Crippen molar-refractivity contribution < 1.29 is 9.53 Å². The molecule has 4 rings (SSSR count). The van der Waals surface area contributed by atoms with E-state index >= 15 is 0 Å². The van der Waals surface area contributed by atoms with Gasteiger partial charge in [0.1, 0.15) is 11.6 Å². The molecule has 0 unspecified atom stereocenters. The number of carbonyl (C=O) groups excluding carboxylic acids is 1. The van der Waals surface area contributed by atoms with Crippen molar-refractivity contribution >= 4 is 44.5 Å². The number of hydrogen-bond acceptors (Lipinski definition) is 3. The van der Waals surface area contributed by atoms with Gasteiger partial charge in [0.2, 0.25) is 0 Å². The number of aromatic nitrogens is 2. The number of rotatable bonds is 10. The van der Waals surface area contributed by atoms with Gasteiger partial charge in [0.15, 0.2) is 0 Å². The summed E-state index contributed by atoms with van der Waals surface area (Å²) in [6.07, 6.45) is 2.41. The van der Waals surface area contributed by atoms with Crippen molar-refractivity contribution in [3.63, 3.8) is 0 Å². The van der Waals surface area contributed by atoms with Crippen molar-refractivity contribution in [3.8, 4) is 5.75 Å². The van der Waals surface area contributed by atoms with Crippen LogP contribution in [0.1, 0.15) is 29.0 Å². The molecular weight excluding hydrogens is 502 g/mol. The summed E-state index contributed by atoms with van der Waals surface area (Å²) in [5.41, 5.74) is 2.75. The molecule has 0 saturated heterocycles. The molecule has 33 heavy (non-hydrogen) atoms. The van der Waals surface area contributed by atoms with Crippen molar-refractivity contribution in [1.29, 1.82) is 0 Å². The number of imidazole rings is 1. The van der Waals surface area contributed by atoms with E-state index in [9.17, 15) is 4.79 Å². The monoisotopic (exact) mass is 525 g/mol. The van der Waals surface area contributed by atoms with Crippen LogP contribution in [0.3, 0.4) is 0 Å². The molecule has 0 aliphatic heterocycles. The van der Waals surface area contributed by atoms with Gasteiger partial charge in [-0.2, -0.15) is 0 Å². The van der Waals surface area contributed by atoms with Crippen molar-refractivity contribution in [2.75, 3.05) is 13.2 Å². The van der Waals surface area contributed by atoms with E-state index in [1.54, 1.807) is 0 Å². The van der Waals surface area contributed by atoms with Crippen LogP contribution in [0, 0.1) is 0 Å². The summed E-state index contributed by atoms with van der Waals surface area (Å²) in [6, 6.07) is 23.1. The van der Waals surface area contributed by atoms with E-state index in [0.29, 0.717) is 29.5 Å². The van der Waals surface area contributed by atoms with Gasteiger partial charge in [-0.3, -0.25) is 4.79 Å². The predicted octanol–water partition coefficient (Wildman–Crippen LogP) is 6.28. The maximum absolute atomic E-state index is 12.4. The van der Waals surface area contributed by atoms with Gasteiger partial charge >= 0.3 is 0 Å². The largest absolute Gasteiger partial charge is 0.492 e. The average molecular weight is 527 g/mol. The van der Waals surface area contributed by atoms with E-state index in [-0.39, 0.29) is 5.91 Å². The fraction of sp³-hybridized carbons (Fsp3) is 0.231. The highest BCUT2D eigenvalue weighted by atomic mass is 79.9. The Balaban J connectivity index is 1.33. The minimum Gasteiger partial charge on any atom is -0.492 e. The van der Waals surface area contributed by atoms with E-state index in [1.807, 2.05) is 66.7 Å². The quantitative estimate of drug-likeness (QED) is 0.247.